The third-order valence-electron chi connectivity index (χ3n) is 3.38. The number of nitrogens with zero attached hydrogens (tertiary/aromatic N) is 1. The molecule has 1 amide bonds. The topological polar surface area (TPSA) is 37.4 Å². The average Bonchev–Trinajstić information content (AvgIpc) is 2.48. The molecule has 2 aromatic rings. The number of carbonyl (C=O) groups excluding carboxylic acids is 2. The van der Waals surface area contributed by atoms with Gasteiger partial charge in [-0.05, 0) is 30.3 Å². The standard InChI is InChI=1S/C16H12BrNO2/c17-12-6-7-13-14(10-12)18(9-8-15(13)19)16(20)11-4-2-1-3-5-11/h1-7,10H,8-9H2. The van der Waals surface area contributed by atoms with Gasteiger partial charge in [-0.15, -0.1) is 0 Å². The van der Waals surface area contributed by atoms with Crippen LogP contribution in [0.2, 0.25) is 0 Å². The third-order valence-corrected chi connectivity index (χ3v) is 3.87. The molecule has 1 heterocycles. The van der Waals surface area contributed by atoms with Crippen LogP contribution >= 0.6 is 15.9 Å². The molecule has 0 aliphatic carbocycles. The first kappa shape index (κ1) is 13.1. The fraction of sp³-hybridized carbons (Fsp3) is 0.125. The van der Waals surface area contributed by atoms with E-state index in [-0.39, 0.29) is 11.7 Å². The van der Waals surface area contributed by atoms with Gasteiger partial charge in [0.15, 0.2) is 5.78 Å². The Bertz CT molecular complexity index is 682. The summed E-state index contributed by atoms with van der Waals surface area (Å²) in [6.45, 7) is 0.427. The van der Waals surface area contributed by atoms with Crippen molar-refractivity contribution in [3.8, 4) is 0 Å². The van der Waals surface area contributed by atoms with Gasteiger partial charge in [0.25, 0.3) is 5.91 Å². The van der Waals surface area contributed by atoms with Gasteiger partial charge in [-0.3, -0.25) is 9.59 Å². The second-order valence-corrected chi connectivity index (χ2v) is 5.57. The van der Waals surface area contributed by atoms with Crippen LogP contribution in [0.5, 0.6) is 0 Å². The Morgan fingerprint density at radius 2 is 1.85 bits per heavy atom. The Kier molecular flexibility index (Phi) is 3.40. The summed E-state index contributed by atoms with van der Waals surface area (Å²) < 4.78 is 0.858. The molecule has 20 heavy (non-hydrogen) atoms. The second-order valence-electron chi connectivity index (χ2n) is 4.66. The molecule has 0 saturated heterocycles. The predicted molar refractivity (Wildman–Crippen MR) is 81.2 cm³/mol. The van der Waals surface area contributed by atoms with Crippen molar-refractivity contribution in [1.29, 1.82) is 0 Å². The summed E-state index contributed by atoms with van der Waals surface area (Å²) in [5, 5.41) is 0. The van der Waals surface area contributed by atoms with Crippen molar-refractivity contribution < 1.29 is 9.59 Å². The molecule has 0 unspecified atom stereocenters. The molecule has 1 aliphatic rings. The highest BCUT2D eigenvalue weighted by atomic mass is 79.9. The molecule has 0 bridgehead atoms. The van der Waals surface area contributed by atoms with Gasteiger partial charge < -0.3 is 4.90 Å². The summed E-state index contributed by atoms with van der Waals surface area (Å²) in [6, 6.07) is 14.6. The first-order chi connectivity index (χ1) is 9.66. The summed E-state index contributed by atoms with van der Waals surface area (Å²) in [7, 11) is 0. The quantitative estimate of drug-likeness (QED) is 0.800. The van der Waals surface area contributed by atoms with Crippen LogP contribution in [0.4, 0.5) is 5.69 Å². The van der Waals surface area contributed by atoms with E-state index in [1.807, 2.05) is 30.3 Å². The molecule has 0 atom stereocenters. The maximum Gasteiger partial charge on any atom is 0.258 e. The molecule has 0 aromatic heterocycles. The van der Waals surface area contributed by atoms with Crippen LogP contribution in [-0.4, -0.2) is 18.2 Å². The van der Waals surface area contributed by atoms with Crippen molar-refractivity contribution in [1.82, 2.24) is 0 Å². The Hall–Kier alpha value is -1.94. The third kappa shape index (κ3) is 2.27. The molecule has 0 fully saturated rings. The van der Waals surface area contributed by atoms with Gasteiger partial charge in [0, 0.05) is 28.6 Å². The second kappa shape index (κ2) is 5.21. The van der Waals surface area contributed by atoms with Crippen molar-refractivity contribution in [3.05, 3.63) is 64.1 Å². The first-order valence-electron chi connectivity index (χ1n) is 6.36. The average molecular weight is 330 g/mol. The summed E-state index contributed by atoms with van der Waals surface area (Å²) >= 11 is 3.39. The van der Waals surface area contributed by atoms with Gasteiger partial charge in [0.1, 0.15) is 0 Å². The van der Waals surface area contributed by atoms with Gasteiger partial charge in [-0.1, -0.05) is 34.1 Å². The minimum absolute atomic E-state index is 0.0718. The van der Waals surface area contributed by atoms with Crippen LogP contribution in [0.15, 0.2) is 53.0 Å². The van der Waals surface area contributed by atoms with Gasteiger partial charge in [-0.2, -0.15) is 0 Å². The van der Waals surface area contributed by atoms with Crippen molar-refractivity contribution in [2.75, 3.05) is 11.4 Å². The normalized spacial score (nSPS) is 14.1. The number of halogens is 1. The van der Waals surface area contributed by atoms with E-state index in [0.29, 0.717) is 29.8 Å². The molecule has 4 heteroatoms. The Labute approximate surface area is 125 Å². The number of benzene rings is 2. The number of Topliss-reactive ketones (excluding diaryl/α,β-unsaturated/α-hetero) is 1. The van der Waals surface area contributed by atoms with Gasteiger partial charge >= 0.3 is 0 Å². The number of ketones is 1. The number of fused-ring (bicyclic) bond motifs is 1. The van der Waals surface area contributed by atoms with E-state index in [9.17, 15) is 9.59 Å². The van der Waals surface area contributed by atoms with Gasteiger partial charge in [-0.25, -0.2) is 0 Å². The molecule has 1 aliphatic heterocycles. The lowest BCUT2D eigenvalue weighted by atomic mass is 9.99. The lowest BCUT2D eigenvalue weighted by Gasteiger charge is -2.29. The highest BCUT2D eigenvalue weighted by Gasteiger charge is 2.27. The molecular formula is C16H12BrNO2. The zero-order valence-corrected chi connectivity index (χ0v) is 12.3. The summed E-state index contributed by atoms with van der Waals surface area (Å²) in [5.41, 5.74) is 1.93. The van der Waals surface area contributed by atoms with Crippen LogP contribution in [0.25, 0.3) is 0 Å². The predicted octanol–water partition coefficient (Wildman–Crippen LogP) is 3.68. The minimum atomic E-state index is -0.0718. The molecular weight excluding hydrogens is 318 g/mol. The van der Waals surface area contributed by atoms with E-state index in [1.165, 1.54) is 0 Å². The zero-order chi connectivity index (χ0) is 14.1. The Morgan fingerprint density at radius 3 is 2.60 bits per heavy atom. The molecule has 0 saturated carbocycles. The van der Waals surface area contributed by atoms with E-state index in [2.05, 4.69) is 15.9 Å². The maximum atomic E-state index is 12.6. The number of amides is 1. The van der Waals surface area contributed by atoms with Crippen molar-refractivity contribution in [2.45, 2.75) is 6.42 Å². The number of carbonyl (C=O) groups is 2. The lowest BCUT2D eigenvalue weighted by molar-refractivity contribution is 0.0955. The fourth-order valence-corrected chi connectivity index (χ4v) is 2.73. The molecule has 3 rings (SSSR count). The van der Waals surface area contributed by atoms with Crippen LogP contribution in [0.3, 0.4) is 0 Å². The van der Waals surface area contributed by atoms with Crippen LogP contribution in [-0.2, 0) is 0 Å². The highest BCUT2D eigenvalue weighted by molar-refractivity contribution is 9.10. The van der Waals surface area contributed by atoms with E-state index in [4.69, 9.17) is 0 Å². The Morgan fingerprint density at radius 1 is 1.10 bits per heavy atom. The first-order valence-corrected chi connectivity index (χ1v) is 7.16. The number of rotatable bonds is 1. The Balaban J connectivity index is 2.05. The van der Waals surface area contributed by atoms with Crippen molar-refractivity contribution in [3.63, 3.8) is 0 Å². The van der Waals surface area contributed by atoms with Gasteiger partial charge in [0.2, 0.25) is 0 Å². The number of hydrogen-bond donors (Lipinski definition) is 0. The SMILES string of the molecule is O=C1CCN(C(=O)c2ccccc2)c2cc(Br)ccc21. The zero-order valence-electron chi connectivity index (χ0n) is 10.7. The molecule has 0 radical (unpaired) electrons. The monoisotopic (exact) mass is 329 g/mol. The maximum absolute atomic E-state index is 12.6. The highest BCUT2D eigenvalue weighted by Crippen LogP contribution is 2.31. The fourth-order valence-electron chi connectivity index (χ4n) is 2.38. The van der Waals surface area contributed by atoms with E-state index < -0.39 is 0 Å². The van der Waals surface area contributed by atoms with E-state index >= 15 is 0 Å². The number of hydrogen-bond acceptors (Lipinski definition) is 2. The lowest BCUT2D eigenvalue weighted by Crippen LogP contribution is -2.37. The largest absolute Gasteiger partial charge is 0.307 e. The van der Waals surface area contributed by atoms with Crippen molar-refractivity contribution in [2.24, 2.45) is 0 Å². The van der Waals surface area contributed by atoms with Crippen LogP contribution in [0, 0.1) is 0 Å². The summed E-state index contributed by atoms with van der Waals surface area (Å²) in [4.78, 5) is 26.2. The summed E-state index contributed by atoms with van der Waals surface area (Å²) in [6.07, 6.45) is 0.368. The minimum Gasteiger partial charge on any atom is -0.307 e. The molecule has 100 valence electrons. The summed E-state index contributed by atoms with van der Waals surface area (Å²) in [5.74, 6) is 0.0158. The van der Waals surface area contributed by atoms with Gasteiger partial charge in [0.05, 0.1) is 5.69 Å². The number of anilines is 1. The molecule has 2 aromatic carbocycles. The van der Waals surface area contributed by atoms with E-state index in [0.717, 1.165) is 4.47 Å². The smallest absolute Gasteiger partial charge is 0.258 e. The van der Waals surface area contributed by atoms with Crippen molar-refractivity contribution >= 4 is 33.3 Å². The molecule has 0 N–H and O–H groups in total. The van der Waals surface area contributed by atoms with Crippen LogP contribution < -0.4 is 4.90 Å². The molecule has 3 nitrogen and oxygen atoms in total. The van der Waals surface area contributed by atoms with E-state index in [1.54, 1.807) is 23.1 Å². The molecule has 0 spiro atoms. The van der Waals surface area contributed by atoms with Crippen LogP contribution in [0.1, 0.15) is 27.1 Å².